The molecule has 0 aliphatic carbocycles. The van der Waals surface area contributed by atoms with Crippen molar-refractivity contribution in [2.45, 2.75) is 0 Å². The van der Waals surface area contributed by atoms with Crippen LogP contribution in [0.2, 0.25) is 0 Å². The van der Waals surface area contributed by atoms with E-state index < -0.39 is 0 Å². The Balaban J connectivity index is 0. The molecule has 0 unspecified atom stereocenters. The molecule has 0 N–H and O–H groups in total. The van der Waals surface area contributed by atoms with Crippen LogP contribution in [0.15, 0.2) is 0 Å². The van der Waals surface area contributed by atoms with E-state index in [0.717, 1.165) is 0 Å². The van der Waals surface area contributed by atoms with Crippen LogP contribution in [-0.4, -0.2) is 0 Å². The van der Waals surface area contributed by atoms with Crippen LogP contribution in [0.4, 0.5) is 0 Å². The average molecular weight is 431 g/mol. The van der Waals surface area contributed by atoms with Crippen LogP contribution in [0.1, 0.15) is 0 Å². The second-order valence-corrected chi connectivity index (χ2v) is 0. The number of hydrogen-bond acceptors (Lipinski definition) is 0. The third-order valence-corrected chi connectivity index (χ3v) is 0. The molecule has 0 fully saturated rings. The summed E-state index contributed by atoms with van der Waals surface area (Å²) in [4.78, 5) is 0. The predicted octanol–water partition coefficient (Wildman–Crippen LogP) is -0.00500. The van der Waals surface area contributed by atoms with Crippen molar-refractivity contribution in [1.82, 2.24) is 0 Å². The van der Waals surface area contributed by atoms with E-state index in [2.05, 4.69) is 0 Å². The summed E-state index contributed by atoms with van der Waals surface area (Å²) in [6.45, 7) is 0. The zero-order valence-electron chi connectivity index (χ0n) is 1.37. The van der Waals surface area contributed by atoms with Gasteiger partial charge in [0.2, 0.25) is 0 Å². The summed E-state index contributed by atoms with van der Waals surface area (Å²) >= 11 is 0. The third kappa shape index (κ3) is 9.16. The normalized spacial score (nSPS) is 0. The predicted molar refractivity (Wildman–Crippen MR) is 0 cm³/mol. The van der Waals surface area contributed by atoms with E-state index >= 15 is 0 Å². The number of rotatable bonds is 0. The summed E-state index contributed by atoms with van der Waals surface area (Å²) in [6.07, 6.45) is 0. The molecule has 4 heavy (non-hydrogen) atoms. The van der Waals surface area contributed by atoms with Crippen LogP contribution in [0, 0.1) is 78.6 Å². The summed E-state index contributed by atoms with van der Waals surface area (Å²) in [7, 11) is 0. The molecule has 0 heterocycles. The van der Waals surface area contributed by atoms with Crippen molar-refractivity contribution in [3.8, 4) is 0 Å². The maximum atomic E-state index is 0. The first kappa shape index (κ1) is 25.4. The fourth-order valence-corrected chi connectivity index (χ4v) is 0. The summed E-state index contributed by atoms with van der Waals surface area (Å²) in [5.74, 6) is 0. The molecule has 0 aromatic heterocycles. The minimum atomic E-state index is 0. The van der Waals surface area contributed by atoms with Crippen molar-refractivity contribution in [3.63, 3.8) is 0 Å². The molecule has 0 aliphatic rings. The monoisotopic (exact) mass is 432 g/mol. The van der Waals surface area contributed by atoms with Crippen molar-refractivity contribution in [2.75, 3.05) is 0 Å². The topological polar surface area (TPSA) is 0 Å². The van der Waals surface area contributed by atoms with E-state index in [1.807, 2.05) is 0 Å². The van der Waals surface area contributed by atoms with E-state index in [1.165, 1.54) is 0 Å². The third-order valence-electron chi connectivity index (χ3n) is 0. The van der Waals surface area contributed by atoms with Gasteiger partial charge in [-0.05, 0) is 0 Å². The van der Waals surface area contributed by atoms with Crippen molar-refractivity contribution < 1.29 is 112 Å². The van der Waals surface area contributed by atoms with Crippen LogP contribution in [0.3, 0.4) is 0 Å². The van der Waals surface area contributed by atoms with Gasteiger partial charge in [-0.3, -0.25) is 0 Å². The first-order valence-corrected chi connectivity index (χ1v) is 0. The van der Waals surface area contributed by atoms with Gasteiger partial charge < -0.3 is 0 Å². The zero-order valence-corrected chi connectivity index (χ0v) is 7.93. The standard InChI is InChI=1S/Co.Fe.Gd.Tb/q2*+2;2*+3. The maximum absolute atomic E-state index is 0. The molecule has 2 radical (unpaired) electrons. The second-order valence-electron chi connectivity index (χ2n) is 0. The Morgan fingerprint density at radius 2 is 1.00 bits per heavy atom. The second kappa shape index (κ2) is 15.9. The van der Waals surface area contributed by atoms with Gasteiger partial charge in [0.25, 0.3) is 0 Å². The van der Waals surface area contributed by atoms with Gasteiger partial charge in [0, 0.05) is 0 Å². The molecule has 4 heteroatoms. The molecule has 0 saturated heterocycles. The molecule has 0 aromatic carbocycles. The first-order chi connectivity index (χ1) is 0. The molecule has 0 atom stereocenters. The average Bonchev–Trinajstić information content (AvgIpc) is 0. The van der Waals surface area contributed by atoms with Crippen LogP contribution in [-0.2, 0) is 33.8 Å². The van der Waals surface area contributed by atoms with Gasteiger partial charge in [-0.1, -0.05) is 0 Å². The van der Waals surface area contributed by atoms with Gasteiger partial charge in [-0.25, -0.2) is 0 Å². The molecule has 24 valence electrons. The molecule has 0 aliphatic heterocycles. The Morgan fingerprint density at radius 3 is 1.00 bits per heavy atom. The zero-order chi connectivity index (χ0) is 0. The minimum Gasteiger partial charge on any atom is 2.00 e. The molecule has 0 spiro atoms. The van der Waals surface area contributed by atoms with E-state index in [4.69, 9.17) is 0 Å². The van der Waals surface area contributed by atoms with Gasteiger partial charge in [-0.2, -0.15) is 0 Å². The Bertz CT molecular complexity index is 8.00. The van der Waals surface area contributed by atoms with E-state index in [0.29, 0.717) is 0 Å². The van der Waals surface area contributed by atoms with Crippen molar-refractivity contribution in [1.29, 1.82) is 0 Å². The van der Waals surface area contributed by atoms with Gasteiger partial charge in [0.15, 0.2) is 0 Å². The summed E-state index contributed by atoms with van der Waals surface area (Å²) < 4.78 is 0. The first-order valence-electron chi connectivity index (χ1n) is 0. The van der Waals surface area contributed by atoms with Crippen LogP contribution < -0.4 is 0 Å². The van der Waals surface area contributed by atoms with Crippen LogP contribution in [0.5, 0.6) is 0 Å². The maximum Gasteiger partial charge on any atom is 3.00 e. The fraction of sp³-hybridized carbons (Fsp3) is 0. The molecule has 0 aromatic rings. The SMILES string of the molecule is [Co+2].[Fe+2].[Gd+3].[Tb+3]. The molecular weight excluding hydrogens is 431 g/mol. The molecular formula is CoFeGdTb+10. The molecule has 0 rings (SSSR count). The molecule has 0 saturated carbocycles. The Morgan fingerprint density at radius 1 is 1.00 bits per heavy atom. The largest absolute Gasteiger partial charge is 3.00 e. The molecule has 0 nitrogen and oxygen atoms in total. The van der Waals surface area contributed by atoms with Crippen molar-refractivity contribution >= 4 is 0 Å². The molecule has 0 amide bonds. The Labute approximate surface area is 109 Å². The quantitative estimate of drug-likeness (QED) is 0.474. The van der Waals surface area contributed by atoms with Crippen LogP contribution in [0.25, 0.3) is 0 Å². The summed E-state index contributed by atoms with van der Waals surface area (Å²) in [5, 5.41) is 0. The van der Waals surface area contributed by atoms with E-state index in [9.17, 15) is 0 Å². The van der Waals surface area contributed by atoms with Crippen LogP contribution >= 0.6 is 0 Å². The van der Waals surface area contributed by atoms with E-state index in [1.54, 1.807) is 0 Å². The summed E-state index contributed by atoms with van der Waals surface area (Å²) in [5.41, 5.74) is 0. The van der Waals surface area contributed by atoms with E-state index in [-0.39, 0.29) is 112 Å². The fourth-order valence-electron chi connectivity index (χ4n) is 0. The Kier molecular flexibility index (Phi) is 101. The smallest absolute Gasteiger partial charge is 2.00 e. The Hall–Kier alpha value is 3.64. The van der Waals surface area contributed by atoms with Crippen molar-refractivity contribution in [2.24, 2.45) is 0 Å². The minimum absolute atomic E-state index is 0. The molecule has 0 bridgehead atoms. The van der Waals surface area contributed by atoms with Gasteiger partial charge in [0.1, 0.15) is 0 Å². The summed E-state index contributed by atoms with van der Waals surface area (Å²) in [6, 6.07) is 0. The van der Waals surface area contributed by atoms with Gasteiger partial charge in [-0.15, -0.1) is 0 Å². The van der Waals surface area contributed by atoms with Crippen molar-refractivity contribution in [3.05, 3.63) is 0 Å². The van der Waals surface area contributed by atoms with Gasteiger partial charge in [0.05, 0.1) is 0 Å². The number of hydrogen-bond donors (Lipinski definition) is 0. The van der Waals surface area contributed by atoms with Gasteiger partial charge >= 0.3 is 112 Å².